The third-order valence-electron chi connectivity index (χ3n) is 1.62. The van der Waals surface area contributed by atoms with Crippen molar-refractivity contribution in [2.75, 3.05) is 6.61 Å². The molecule has 0 radical (unpaired) electrons. The Morgan fingerprint density at radius 3 is 3.08 bits per heavy atom. The van der Waals surface area contributed by atoms with Gasteiger partial charge in [-0.1, -0.05) is 12.1 Å². The maximum atomic E-state index is 5.17. The number of hydrogen-bond donors (Lipinski definition) is 1. The predicted octanol–water partition coefficient (Wildman–Crippen LogP) is 2.61. The number of para-hydroxylation sites is 2. The highest BCUT2D eigenvalue weighted by Crippen LogP contribution is 2.19. The number of nitrogens with zero attached hydrogens (tertiary/aromatic N) is 1. The van der Waals surface area contributed by atoms with Crippen LogP contribution in [-0.2, 0) is 4.18 Å². The highest BCUT2D eigenvalue weighted by molar-refractivity contribution is 7.94. The maximum Gasteiger partial charge on any atom is 0.194 e. The minimum Gasteiger partial charge on any atom is -0.331 e. The molecule has 1 N–H and O–H groups in total. The topological polar surface area (TPSA) is 37.9 Å². The van der Waals surface area contributed by atoms with Gasteiger partial charge in [0.25, 0.3) is 0 Å². The molecule has 68 valence electrons. The quantitative estimate of drug-likeness (QED) is 0.763. The molecule has 0 unspecified atom stereocenters. The number of hydrogen-bond acceptors (Lipinski definition) is 3. The number of imidazole rings is 1. The first-order valence-electron chi connectivity index (χ1n) is 4.14. The highest BCUT2D eigenvalue weighted by Gasteiger charge is 2.01. The van der Waals surface area contributed by atoms with Crippen LogP contribution in [0.15, 0.2) is 29.4 Å². The summed E-state index contributed by atoms with van der Waals surface area (Å²) in [4.78, 5) is 7.49. The molecule has 0 saturated heterocycles. The van der Waals surface area contributed by atoms with Crippen LogP contribution in [0.1, 0.15) is 6.92 Å². The smallest absolute Gasteiger partial charge is 0.194 e. The van der Waals surface area contributed by atoms with Gasteiger partial charge in [-0.05, 0) is 19.1 Å². The summed E-state index contributed by atoms with van der Waals surface area (Å²) in [5.41, 5.74) is 2.02. The largest absolute Gasteiger partial charge is 0.331 e. The molecular weight excluding hydrogens is 184 g/mol. The summed E-state index contributed by atoms with van der Waals surface area (Å²) in [6.07, 6.45) is 0. The Labute approximate surface area is 80.7 Å². The molecule has 0 aliphatic carbocycles. The maximum absolute atomic E-state index is 5.17. The molecule has 0 aliphatic heterocycles. The lowest BCUT2D eigenvalue weighted by atomic mass is 10.3. The number of H-pyrrole nitrogens is 1. The Morgan fingerprint density at radius 2 is 2.31 bits per heavy atom. The average Bonchev–Trinajstić information content (AvgIpc) is 2.57. The molecule has 0 amide bonds. The van der Waals surface area contributed by atoms with E-state index in [1.54, 1.807) is 0 Å². The fourth-order valence-electron chi connectivity index (χ4n) is 1.08. The minimum absolute atomic E-state index is 0.682. The van der Waals surface area contributed by atoms with Gasteiger partial charge in [0.1, 0.15) is 0 Å². The monoisotopic (exact) mass is 194 g/mol. The Kier molecular flexibility index (Phi) is 2.52. The van der Waals surface area contributed by atoms with Crippen LogP contribution in [-0.4, -0.2) is 16.6 Å². The van der Waals surface area contributed by atoms with E-state index in [4.69, 9.17) is 4.18 Å². The minimum atomic E-state index is 0.682. The summed E-state index contributed by atoms with van der Waals surface area (Å²) >= 11 is 1.28. The fourth-order valence-corrected chi connectivity index (χ4v) is 1.60. The molecule has 1 aromatic heterocycles. The van der Waals surface area contributed by atoms with Gasteiger partial charge >= 0.3 is 0 Å². The molecule has 3 nitrogen and oxygen atoms in total. The first-order chi connectivity index (χ1) is 6.40. The molecule has 1 heterocycles. The van der Waals surface area contributed by atoms with Gasteiger partial charge in [-0.2, -0.15) is 0 Å². The van der Waals surface area contributed by atoms with E-state index in [2.05, 4.69) is 9.97 Å². The van der Waals surface area contributed by atoms with Crippen molar-refractivity contribution in [3.8, 4) is 0 Å². The fraction of sp³-hybridized carbons (Fsp3) is 0.222. The lowest BCUT2D eigenvalue weighted by Gasteiger charge is -1.91. The van der Waals surface area contributed by atoms with E-state index >= 15 is 0 Å². The third-order valence-corrected chi connectivity index (χ3v) is 2.33. The van der Waals surface area contributed by atoms with Crippen LogP contribution in [0, 0.1) is 0 Å². The van der Waals surface area contributed by atoms with E-state index < -0.39 is 0 Å². The van der Waals surface area contributed by atoms with Crippen molar-refractivity contribution >= 4 is 23.1 Å². The van der Waals surface area contributed by atoms with E-state index in [1.807, 2.05) is 31.2 Å². The molecule has 0 bridgehead atoms. The summed E-state index contributed by atoms with van der Waals surface area (Å²) in [5, 5.41) is 0.808. The van der Waals surface area contributed by atoms with E-state index in [9.17, 15) is 0 Å². The van der Waals surface area contributed by atoms with Crippen LogP contribution < -0.4 is 0 Å². The molecule has 2 aromatic rings. The van der Waals surface area contributed by atoms with Crippen molar-refractivity contribution in [3.05, 3.63) is 24.3 Å². The predicted molar refractivity (Wildman–Crippen MR) is 53.6 cm³/mol. The number of rotatable bonds is 3. The van der Waals surface area contributed by atoms with Gasteiger partial charge < -0.3 is 9.17 Å². The first kappa shape index (κ1) is 8.59. The van der Waals surface area contributed by atoms with E-state index in [-0.39, 0.29) is 0 Å². The van der Waals surface area contributed by atoms with E-state index in [0.29, 0.717) is 6.61 Å². The molecule has 0 aliphatic rings. The van der Waals surface area contributed by atoms with Gasteiger partial charge in [0.15, 0.2) is 5.16 Å². The third kappa shape index (κ3) is 1.84. The number of nitrogens with one attached hydrogen (secondary N) is 1. The molecule has 2 rings (SSSR count). The second-order valence-corrected chi connectivity index (χ2v) is 3.34. The zero-order valence-corrected chi connectivity index (χ0v) is 8.10. The molecule has 1 aromatic carbocycles. The van der Waals surface area contributed by atoms with Crippen molar-refractivity contribution in [2.24, 2.45) is 0 Å². The number of fused-ring (bicyclic) bond motifs is 1. The van der Waals surface area contributed by atoms with E-state index in [0.717, 1.165) is 16.2 Å². The second-order valence-electron chi connectivity index (χ2n) is 2.55. The molecular formula is C9H10N2OS. The lowest BCUT2D eigenvalue weighted by Crippen LogP contribution is -1.79. The van der Waals surface area contributed by atoms with Gasteiger partial charge in [0.2, 0.25) is 0 Å². The molecule has 0 fully saturated rings. The SMILES string of the molecule is CCOSc1nc2ccccc2[nH]1. The normalized spacial score (nSPS) is 10.8. The average molecular weight is 194 g/mol. The summed E-state index contributed by atoms with van der Waals surface area (Å²) in [5.74, 6) is 0. The van der Waals surface area contributed by atoms with Crippen LogP contribution in [0.3, 0.4) is 0 Å². The van der Waals surface area contributed by atoms with Crippen LogP contribution in [0.25, 0.3) is 11.0 Å². The first-order valence-corrected chi connectivity index (χ1v) is 4.88. The summed E-state index contributed by atoms with van der Waals surface area (Å²) < 4.78 is 5.17. The Bertz CT molecular complexity index is 366. The van der Waals surface area contributed by atoms with Crippen molar-refractivity contribution < 1.29 is 4.18 Å². The van der Waals surface area contributed by atoms with Crippen molar-refractivity contribution in [1.29, 1.82) is 0 Å². The van der Waals surface area contributed by atoms with Crippen LogP contribution >= 0.6 is 12.0 Å². The lowest BCUT2D eigenvalue weighted by molar-refractivity contribution is 0.400. The molecule has 0 atom stereocenters. The summed E-state index contributed by atoms with van der Waals surface area (Å²) in [7, 11) is 0. The number of benzene rings is 1. The van der Waals surface area contributed by atoms with Crippen LogP contribution in [0.2, 0.25) is 0 Å². The van der Waals surface area contributed by atoms with E-state index in [1.165, 1.54) is 12.0 Å². The van der Waals surface area contributed by atoms with Crippen LogP contribution in [0.5, 0.6) is 0 Å². The van der Waals surface area contributed by atoms with Gasteiger partial charge in [0.05, 0.1) is 29.7 Å². The van der Waals surface area contributed by atoms with Gasteiger partial charge in [-0.25, -0.2) is 4.98 Å². The molecule has 4 heteroatoms. The Morgan fingerprint density at radius 1 is 1.46 bits per heavy atom. The van der Waals surface area contributed by atoms with Crippen LogP contribution in [0.4, 0.5) is 0 Å². The Balaban J connectivity index is 2.28. The van der Waals surface area contributed by atoms with Gasteiger partial charge in [0, 0.05) is 0 Å². The zero-order valence-electron chi connectivity index (χ0n) is 7.28. The van der Waals surface area contributed by atoms with Crippen molar-refractivity contribution in [1.82, 2.24) is 9.97 Å². The van der Waals surface area contributed by atoms with Crippen molar-refractivity contribution in [2.45, 2.75) is 12.1 Å². The van der Waals surface area contributed by atoms with Gasteiger partial charge in [-0.3, -0.25) is 0 Å². The highest BCUT2D eigenvalue weighted by atomic mass is 32.2. The zero-order chi connectivity index (χ0) is 9.10. The second kappa shape index (κ2) is 3.81. The van der Waals surface area contributed by atoms with Gasteiger partial charge in [-0.15, -0.1) is 0 Å². The molecule has 0 spiro atoms. The summed E-state index contributed by atoms with van der Waals surface area (Å²) in [6, 6.07) is 7.92. The summed E-state index contributed by atoms with van der Waals surface area (Å²) in [6.45, 7) is 2.64. The van der Waals surface area contributed by atoms with Crippen molar-refractivity contribution in [3.63, 3.8) is 0 Å². The Hall–Kier alpha value is -1.00. The number of aromatic nitrogens is 2. The standard InChI is InChI=1S/C9H10N2OS/c1-2-12-13-9-10-7-5-3-4-6-8(7)11-9/h3-6H,2H2,1H3,(H,10,11). The number of aromatic amines is 1. The molecule has 0 saturated carbocycles. The molecule has 13 heavy (non-hydrogen) atoms.